The highest BCUT2D eigenvalue weighted by Crippen LogP contribution is 2.42. The van der Waals surface area contributed by atoms with Crippen molar-refractivity contribution < 1.29 is 24.2 Å². The Hall–Kier alpha value is -3.33. The van der Waals surface area contributed by atoms with E-state index >= 15 is 0 Å². The number of Topliss-reactive ketones (excluding diaryl/α,β-unsaturated/α-hetero) is 1. The van der Waals surface area contributed by atoms with E-state index in [1.165, 1.54) is 6.42 Å². The number of methoxy groups -OCH3 is 1. The summed E-state index contributed by atoms with van der Waals surface area (Å²) in [6, 6.07) is 4.64. The number of aromatic nitrogens is 2. The van der Waals surface area contributed by atoms with Crippen LogP contribution >= 0.6 is 0 Å². The quantitative estimate of drug-likeness (QED) is 0.340. The van der Waals surface area contributed by atoms with Gasteiger partial charge >= 0.3 is 0 Å². The molecule has 0 saturated carbocycles. The van der Waals surface area contributed by atoms with E-state index in [1.54, 1.807) is 42.8 Å². The maximum atomic E-state index is 13.4. The molecule has 0 bridgehead atoms. The van der Waals surface area contributed by atoms with Crippen LogP contribution in [0.4, 0.5) is 0 Å². The zero-order chi connectivity index (χ0) is 26.0. The van der Waals surface area contributed by atoms with Crippen LogP contribution in [0.5, 0.6) is 11.5 Å². The molecule has 0 spiro atoms. The number of rotatable bonds is 8. The van der Waals surface area contributed by atoms with Gasteiger partial charge in [-0.1, -0.05) is 12.5 Å². The van der Waals surface area contributed by atoms with Crippen LogP contribution < -0.4 is 9.47 Å². The molecule has 36 heavy (non-hydrogen) atoms. The molecule has 2 aliphatic heterocycles. The molecular weight excluding hydrogens is 460 g/mol. The Kier molecular flexibility index (Phi) is 7.68. The van der Waals surface area contributed by atoms with Crippen molar-refractivity contribution in [3.63, 3.8) is 0 Å². The van der Waals surface area contributed by atoms with Crippen molar-refractivity contribution in [2.45, 2.75) is 46.1 Å². The monoisotopic (exact) mass is 496 g/mol. The van der Waals surface area contributed by atoms with Crippen LogP contribution in [-0.2, 0) is 16.6 Å². The first-order valence-corrected chi connectivity index (χ1v) is 12.6. The summed E-state index contributed by atoms with van der Waals surface area (Å²) in [5, 5.41) is 15.9. The van der Waals surface area contributed by atoms with Gasteiger partial charge in [0.25, 0.3) is 11.7 Å². The standard InChI is InChI=1S/C27H36N4O5/c1-6-36-20-11-10-19(16-21(20)35-5)24-23(25(32)22-17(2)28-29(4)18(22)3)26(33)27(34)31(24)15-14-30-12-8-7-9-13-30/h10-11,16,24,32H,6-9,12-15H2,1-5H3/b25-23+. The van der Waals surface area contributed by atoms with Gasteiger partial charge in [0.2, 0.25) is 0 Å². The zero-order valence-electron chi connectivity index (χ0n) is 21.8. The molecule has 194 valence electrons. The van der Waals surface area contributed by atoms with Gasteiger partial charge in [-0.3, -0.25) is 14.3 Å². The van der Waals surface area contributed by atoms with Crippen LogP contribution in [0.15, 0.2) is 23.8 Å². The minimum Gasteiger partial charge on any atom is -0.507 e. The summed E-state index contributed by atoms with van der Waals surface area (Å²) >= 11 is 0. The summed E-state index contributed by atoms with van der Waals surface area (Å²) < 4.78 is 12.9. The number of aryl methyl sites for hydroxylation is 2. The van der Waals surface area contributed by atoms with Gasteiger partial charge in [0.15, 0.2) is 11.5 Å². The number of amides is 1. The first-order chi connectivity index (χ1) is 17.3. The number of ether oxygens (including phenoxy) is 2. The van der Waals surface area contributed by atoms with Gasteiger partial charge < -0.3 is 24.4 Å². The average Bonchev–Trinajstić information content (AvgIpc) is 3.28. The molecule has 9 nitrogen and oxygen atoms in total. The molecule has 0 radical (unpaired) electrons. The molecule has 2 aromatic rings. The minimum atomic E-state index is -0.752. The topological polar surface area (TPSA) is 97.1 Å². The van der Waals surface area contributed by atoms with Crippen molar-refractivity contribution in [2.75, 3.05) is 39.9 Å². The number of carbonyl (C=O) groups excluding carboxylic acids is 2. The maximum absolute atomic E-state index is 13.4. The molecular formula is C27H36N4O5. The third-order valence-electron chi connectivity index (χ3n) is 7.19. The van der Waals surface area contributed by atoms with Crippen molar-refractivity contribution in [1.29, 1.82) is 0 Å². The van der Waals surface area contributed by atoms with E-state index in [0.717, 1.165) is 25.9 Å². The Morgan fingerprint density at radius 1 is 1.11 bits per heavy atom. The summed E-state index contributed by atoms with van der Waals surface area (Å²) in [5.41, 5.74) is 2.54. The molecule has 2 aliphatic rings. The van der Waals surface area contributed by atoms with Crippen LogP contribution in [0.1, 0.15) is 54.7 Å². The highest BCUT2D eigenvalue weighted by molar-refractivity contribution is 6.46. The third-order valence-corrected chi connectivity index (χ3v) is 7.19. The highest BCUT2D eigenvalue weighted by Gasteiger charge is 2.46. The lowest BCUT2D eigenvalue weighted by atomic mass is 9.94. The Labute approximate surface area is 212 Å². The third kappa shape index (κ3) is 4.72. The molecule has 4 rings (SSSR count). The molecule has 0 aliphatic carbocycles. The largest absolute Gasteiger partial charge is 0.507 e. The molecule has 1 atom stereocenters. The lowest BCUT2D eigenvalue weighted by Crippen LogP contribution is -2.40. The fourth-order valence-electron chi connectivity index (χ4n) is 5.27. The summed E-state index contributed by atoms with van der Waals surface area (Å²) in [5.74, 6) is -0.412. The molecule has 1 aromatic carbocycles. The number of aliphatic hydroxyl groups is 1. The average molecular weight is 497 g/mol. The van der Waals surface area contributed by atoms with Gasteiger partial charge in [0.05, 0.1) is 36.6 Å². The van der Waals surface area contributed by atoms with Crippen LogP contribution in [0, 0.1) is 13.8 Å². The maximum Gasteiger partial charge on any atom is 0.295 e. The molecule has 1 amide bonds. The van der Waals surface area contributed by atoms with E-state index in [-0.39, 0.29) is 11.3 Å². The van der Waals surface area contributed by atoms with Crippen molar-refractivity contribution in [3.05, 3.63) is 46.3 Å². The summed E-state index contributed by atoms with van der Waals surface area (Å²) in [4.78, 5) is 30.7. The first kappa shape index (κ1) is 25.8. The van der Waals surface area contributed by atoms with Gasteiger partial charge in [-0.15, -0.1) is 0 Å². The number of likely N-dealkylation sites (tertiary alicyclic amines) is 2. The van der Waals surface area contributed by atoms with Gasteiger partial charge in [-0.05, 0) is 64.4 Å². The summed E-state index contributed by atoms with van der Waals surface area (Å²) in [6.45, 7) is 9.00. The molecule has 2 fully saturated rings. The van der Waals surface area contributed by atoms with Gasteiger partial charge in [0.1, 0.15) is 5.76 Å². The molecule has 1 aromatic heterocycles. The molecule has 1 N–H and O–H groups in total. The lowest BCUT2D eigenvalue weighted by Gasteiger charge is -2.31. The fraction of sp³-hybridized carbons (Fsp3) is 0.519. The van der Waals surface area contributed by atoms with Crippen molar-refractivity contribution in [2.24, 2.45) is 7.05 Å². The Bertz CT molecular complexity index is 1180. The van der Waals surface area contributed by atoms with Gasteiger partial charge in [0, 0.05) is 25.8 Å². The van der Waals surface area contributed by atoms with E-state index in [9.17, 15) is 14.7 Å². The Balaban J connectivity index is 1.82. The second-order valence-corrected chi connectivity index (χ2v) is 9.41. The molecule has 2 saturated heterocycles. The zero-order valence-corrected chi connectivity index (χ0v) is 21.8. The van der Waals surface area contributed by atoms with Crippen LogP contribution in [0.25, 0.3) is 5.76 Å². The van der Waals surface area contributed by atoms with Crippen LogP contribution in [-0.4, -0.2) is 76.3 Å². The van der Waals surface area contributed by atoms with Gasteiger partial charge in [-0.25, -0.2) is 0 Å². The number of nitrogens with zero attached hydrogens (tertiary/aromatic N) is 4. The Morgan fingerprint density at radius 2 is 1.83 bits per heavy atom. The number of ketones is 1. The Morgan fingerprint density at radius 3 is 2.44 bits per heavy atom. The second kappa shape index (κ2) is 10.7. The number of aliphatic hydroxyl groups excluding tert-OH is 1. The van der Waals surface area contributed by atoms with E-state index in [1.807, 2.05) is 19.9 Å². The predicted octanol–water partition coefficient (Wildman–Crippen LogP) is 3.35. The first-order valence-electron chi connectivity index (χ1n) is 12.6. The number of hydrogen-bond acceptors (Lipinski definition) is 7. The highest BCUT2D eigenvalue weighted by atomic mass is 16.5. The molecule has 1 unspecified atom stereocenters. The summed E-state index contributed by atoms with van der Waals surface area (Å²) in [7, 11) is 3.34. The number of benzene rings is 1. The second-order valence-electron chi connectivity index (χ2n) is 9.41. The normalized spacial score (nSPS) is 20.2. The van der Waals surface area contributed by atoms with E-state index < -0.39 is 17.7 Å². The van der Waals surface area contributed by atoms with Crippen LogP contribution in [0.3, 0.4) is 0 Å². The molecule has 3 heterocycles. The summed E-state index contributed by atoms with van der Waals surface area (Å²) in [6.07, 6.45) is 3.49. The van der Waals surface area contributed by atoms with E-state index in [0.29, 0.717) is 53.7 Å². The molecule has 9 heteroatoms. The number of hydrogen-bond donors (Lipinski definition) is 1. The van der Waals surface area contributed by atoms with Crippen molar-refractivity contribution >= 4 is 17.4 Å². The minimum absolute atomic E-state index is 0.0732. The van der Waals surface area contributed by atoms with E-state index in [2.05, 4.69) is 10.00 Å². The number of carbonyl (C=O) groups is 2. The number of piperidine rings is 1. The smallest absolute Gasteiger partial charge is 0.295 e. The SMILES string of the molecule is CCOc1ccc(C2/C(=C(\O)c3c(C)nn(C)c3C)C(=O)C(=O)N2CCN2CCCCC2)cc1OC. The van der Waals surface area contributed by atoms with Crippen molar-refractivity contribution in [3.8, 4) is 11.5 Å². The van der Waals surface area contributed by atoms with Gasteiger partial charge in [-0.2, -0.15) is 5.10 Å². The van der Waals surface area contributed by atoms with E-state index in [4.69, 9.17) is 9.47 Å². The lowest BCUT2D eigenvalue weighted by molar-refractivity contribution is -0.140. The van der Waals surface area contributed by atoms with Crippen LogP contribution in [0.2, 0.25) is 0 Å². The predicted molar refractivity (Wildman–Crippen MR) is 136 cm³/mol. The fourth-order valence-corrected chi connectivity index (χ4v) is 5.27. The van der Waals surface area contributed by atoms with Crippen molar-refractivity contribution in [1.82, 2.24) is 19.6 Å².